The monoisotopic (exact) mass is 477 g/mol. The van der Waals surface area contributed by atoms with Gasteiger partial charge in [0.05, 0.1) is 24.7 Å². The van der Waals surface area contributed by atoms with Crippen LogP contribution in [-0.4, -0.2) is 25.9 Å². The predicted molar refractivity (Wildman–Crippen MR) is 128 cm³/mol. The van der Waals surface area contributed by atoms with Gasteiger partial charge >= 0.3 is 7.60 Å². The molecule has 0 radical (unpaired) electrons. The van der Waals surface area contributed by atoms with E-state index >= 15 is 0 Å². The van der Waals surface area contributed by atoms with Crippen LogP contribution in [0, 0.1) is 6.92 Å². The lowest BCUT2D eigenvalue weighted by atomic mass is 10.2. The Morgan fingerprint density at radius 2 is 1.53 bits per heavy atom. The number of aryl methyl sites for hydroxylation is 1. The standard InChI is InChI=1S/C24H32NO5PS/c1-6-20(4)18-24(31(26,29-7-2)30-8-3)25(19-22-12-10-9-11-13-22)32(27,28)23-16-14-21(5)15-17-23/h9-17H,6-8,19H2,1-5H3. The summed E-state index contributed by atoms with van der Waals surface area (Å²) in [6, 6.07) is 15.7. The molecule has 0 aliphatic carbocycles. The smallest absolute Gasteiger partial charge is 0.304 e. The van der Waals surface area contributed by atoms with E-state index < -0.39 is 17.6 Å². The van der Waals surface area contributed by atoms with Gasteiger partial charge in [-0.05, 0) is 57.4 Å². The fourth-order valence-corrected chi connectivity index (χ4v) is 6.53. The van der Waals surface area contributed by atoms with Gasteiger partial charge in [-0.1, -0.05) is 60.7 Å². The van der Waals surface area contributed by atoms with Crippen LogP contribution in [0.2, 0.25) is 0 Å². The summed E-state index contributed by atoms with van der Waals surface area (Å²) in [5, 5.41) is 0. The van der Waals surface area contributed by atoms with E-state index in [1.165, 1.54) is 0 Å². The second-order valence-electron chi connectivity index (χ2n) is 7.23. The second-order valence-corrected chi connectivity index (χ2v) is 11.0. The van der Waals surface area contributed by atoms with Crippen molar-refractivity contribution in [3.8, 4) is 0 Å². The van der Waals surface area contributed by atoms with Crippen molar-refractivity contribution in [1.82, 2.24) is 4.31 Å². The Hall–Kier alpha value is -2.14. The van der Waals surface area contributed by atoms with Crippen molar-refractivity contribution in [2.45, 2.75) is 52.5 Å². The Labute approximate surface area is 192 Å². The van der Waals surface area contributed by atoms with Crippen LogP contribution >= 0.6 is 7.60 Å². The summed E-state index contributed by atoms with van der Waals surface area (Å²) < 4.78 is 53.8. The minimum absolute atomic E-state index is 0.0412. The SMILES string of the molecule is CCOP(=O)(OCC)C(=C=C(C)CC)N(Cc1ccccc1)S(=O)(=O)c1ccc(C)cc1. The Balaban J connectivity index is 2.82. The largest absolute Gasteiger partial charge is 0.386 e. The molecular formula is C24H32NO5PS. The minimum atomic E-state index is -4.10. The molecule has 0 aliphatic rings. The van der Waals surface area contributed by atoms with Crippen molar-refractivity contribution in [2.24, 2.45) is 0 Å². The summed E-state index contributed by atoms with van der Waals surface area (Å²) in [4.78, 5) is 0.0898. The maximum absolute atomic E-state index is 13.9. The molecule has 0 bridgehead atoms. The number of rotatable bonds is 11. The van der Waals surface area contributed by atoms with Crippen LogP contribution in [0.4, 0.5) is 0 Å². The molecule has 0 atom stereocenters. The summed E-state index contributed by atoms with van der Waals surface area (Å²) in [5.41, 5.74) is 5.35. The summed E-state index contributed by atoms with van der Waals surface area (Å²) >= 11 is 0. The van der Waals surface area contributed by atoms with E-state index in [0.29, 0.717) is 6.42 Å². The summed E-state index contributed by atoms with van der Waals surface area (Å²) in [6.45, 7) is 9.14. The van der Waals surface area contributed by atoms with Crippen LogP contribution < -0.4 is 0 Å². The third-order valence-electron chi connectivity index (χ3n) is 4.73. The lowest BCUT2D eigenvalue weighted by Crippen LogP contribution is -2.31. The lowest BCUT2D eigenvalue weighted by molar-refractivity contribution is 0.220. The third-order valence-corrected chi connectivity index (χ3v) is 8.69. The van der Waals surface area contributed by atoms with Gasteiger partial charge in [0.2, 0.25) is 0 Å². The average Bonchev–Trinajstić information content (AvgIpc) is 2.77. The second kappa shape index (κ2) is 11.6. The molecule has 2 rings (SSSR count). The normalized spacial score (nSPS) is 11.7. The average molecular weight is 478 g/mol. The Morgan fingerprint density at radius 1 is 0.969 bits per heavy atom. The van der Waals surface area contributed by atoms with Gasteiger partial charge in [0.25, 0.3) is 10.0 Å². The minimum Gasteiger partial charge on any atom is -0.304 e. The fourth-order valence-electron chi connectivity index (χ4n) is 2.91. The lowest BCUT2D eigenvalue weighted by Gasteiger charge is -2.29. The number of nitrogens with zero attached hydrogens (tertiary/aromatic N) is 1. The van der Waals surface area contributed by atoms with Gasteiger partial charge in [-0.3, -0.25) is 4.57 Å². The first-order valence-electron chi connectivity index (χ1n) is 10.7. The van der Waals surface area contributed by atoms with Crippen molar-refractivity contribution >= 4 is 17.6 Å². The quantitative estimate of drug-likeness (QED) is 0.283. The first kappa shape index (κ1) is 26.1. The third kappa shape index (κ3) is 6.44. The molecule has 0 aromatic heterocycles. The highest BCUT2D eigenvalue weighted by Gasteiger charge is 2.40. The molecule has 8 heteroatoms. The first-order valence-corrected chi connectivity index (χ1v) is 13.7. The Morgan fingerprint density at radius 3 is 2.03 bits per heavy atom. The van der Waals surface area contributed by atoms with Crippen LogP contribution in [0.25, 0.3) is 0 Å². The Kier molecular flexibility index (Phi) is 9.50. The molecule has 0 unspecified atom stereocenters. The van der Waals surface area contributed by atoms with Crippen molar-refractivity contribution in [1.29, 1.82) is 0 Å². The zero-order chi connectivity index (χ0) is 23.8. The molecule has 0 saturated heterocycles. The van der Waals surface area contributed by atoms with Gasteiger partial charge in [0.1, 0.15) is 0 Å². The highest BCUT2D eigenvalue weighted by atomic mass is 32.2. The summed E-state index contributed by atoms with van der Waals surface area (Å²) in [6.07, 6.45) is 0.603. The molecular weight excluding hydrogens is 445 g/mol. The van der Waals surface area contributed by atoms with Gasteiger partial charge in [0.15, 0.2) is 5.44 Å². The predicted octanol–water partition coefficient (Wildman–Crippen LogP) is 6.25. The highest BCUT2D eigenvalue weighted by Crippen LogP contribution is 2.58. The summed E-state index contributed by atoms with van der Waals surface area (Å²) in [5.74, 6) is 0. The van der Waals surface area contributed by atoms with Gasteiger partial charge < -0.3 is 9.05 Å². The van der Waals surface area contributed by atoms with Crippen molar-refractivity contribution in [3.05, 3.63) is 82.5 Å². The van der Waals surface area contributed by atoms with Gasteiger partial charge in [-0.2, -0.15) is 0 Å². The van der Waals surface area contributed by atoms with Crippen LogP contribution in [0.3, 0.4) is 0 Å². The molecule has 0 amide bonds. The molecule has 0 N–H and O–H groups in total. The van der Waals surface area contributed by atoms with Gasteiger partial charge in [-0.15, -0.1) is 0 Å². The molecule has 6 nitrogen and oxygen atoms in total. The molecule has 0 fully saturated rings. The molecule has 2 aromatic carbocycles. The number of benzene rings is 2. The van der Waals surface area contributed by atoms with Crippen LogP contribution in [0.5, 0.6) is 0 Å². The first-order chi connectivity index (χ1) is 15.2. The van der Waals surface area contributed by atoms with E-state index in [0.717, 1.165) is 21.0 Å². The van der Waals surface area contributed by atoms with E-state index in [-0.39, 0.29) is 30.1 Å². The fraction of sp³-hybridized carbons (Fsp3) is 0.375. The highest BCUT2D eigenvalue weighted by molar-refractivity contribution is 7.89. The molecule has 0 spiro atoms. The summed E-state index contributed by atoms with van der Waals surface area (Å²) in [7, 11) is -8.09. The molecule has 2 aromatic rings. The van der Waals surface area contributed by atoms with Crippen LogP contribution in [0.15, 0.2) is 76.2 Å². The van der Waals surface area contributed by atoms with E-state index in [2.05, 4.69) is 5.73 Å². The number of hydrogen-bond donors (Lipinski definition) is 0. The van der Waals surface area contributed by atoms with Crippen molar-refractivity contribution < 1.29 is 22.0 Å². The molecule has 32 heavy (non-hydrogen) atoms. The molecule has 0 saturated carbocycles. The maximum Gasteiger partial charge on any atom is 0.386 e. The van der Waals surface area contributed by atoms with Crippen molar-refractivity contribution in [2.75, 3.05) is 13.2 Å². The van der Waals surface area contributed by atoms with Crippen LogP contribution in [0.1, 0.15) is 45.2 Å². The number of hydrogen-bond acceptors (Lipinski definition) is 5. The van der Waals surface area contributed by atoms with E-state index in [1.54, 1.807) is 45.0 Å². The zero-order valence-electron chi connectivity index (χ0n) is 19.4. The van der Waals surface area contributed by atoms with E-state index in [1.807, 2.05) is 44.2 Å². The van der Waals surface area contributed by atoms with Crippen LogP contribution in [-0.2, 0) is 30.2 Å². The number of sulfonamides is 1. The van der Waals surface area contributed by atoms with Gasteiger partial charge in [0, 0.05) is 0 Å². The van der Waals surface area contributed by atoms with Crippen molar-refractivity contribution in [3.63, 3.8) is 0 Å². The molecule has 174 valence electrons. The van der Waals surface area contributed by atoms with E-state index in [9.17, 15) is 13.0 Å². The molecule has 0 aliphatic heterocycles. The topological polar surface area (TPSA) is 72.9 Å². The zero-order valence-corrected chi connectivity index (χ0v) is 21.1. The Bertz CT molecular complexity index is 1090. The number of allylic oxidation sites excluding steroid dienone is 1. The molecule has 0 heterocycles. The van der Waals surface area contributed by atoms with Gasteiger partial charge in [-0.25, -0.2) is 12.7 Å². The maximum atomic E-state index is 13.9. The van der Waals surface area contributed by atoms with E-state index in [4.69, 9.17) is 9.05 Å².